The van der Waals surface area contributed by atoms with Crippen molar-refractivity contribution < 1.29 is 14.2 Å². The fraction of sp³-hybridized carbons (Fsp3) is 0.647. The third-order valence-electron chi connectivity index (χ3n) is 5.07. The smallest absolute Gasteiger partial charge is 0.243 e. The summed E-state index contributed by atoms with van der Waals surface area (Å²) in [5.41, 5.74) is 1.92. The Morgan fingerprint density at radius 1 is 1.28 bits per heavy atom. The highest BCUT2D eigenvalue weighted by Gasteiger charge is 2.31. The zero-order valence-electron chi connectivity index (χ0n) is 14.5. The quantitative estimate of drug-likeness (QED) is 0.827. The van der Waals surface area contributed by atoms with Crippen LogP contribution in [0.5, 0.6) is 0 Å². The number of aromatic nitrogens is 3. The predicted octanol–water partition coefficient (Wildman–Crippen LogP) is 2.33. The third kappa shape index (κ3) is 3.10. The Bertz CT molecular complexity index is 747. The number of methoxy groups -OCH3 is 1. The molecule has 2 aromatic rings. The molecule has 2 fully saturated rings. The second kappa shape index (κ2) is 7.07. The molecule has 2 aromatic heterocycles. The summed E-state index contributed by atoms with van der Waals surface area (Å²) in [5, 5.41) is 4.68. The highest BCUT2D eigenvalue weighted by atomic mass is 35.5. The number of hydrogen-bond acceptors (Lipinski definition) is 6. The number of hydrogen-bond donors (Lipinski definition) is 0. The SMILES string of the molecule is COC(c1ccc2c(N3CCOC[C@H]3C)nc(Cl)nn12)C1CCOC1. The first-order valence-electron chi connectivity index (χ1n) is 8.69. The largest absolute Gasteiger partial charge is 0.381 e. The van der Waals surface area contributed by atoms with Crippen molar-refractivity contribution in [2.24, 2.45) is 5.92 Å². The molecule has 136 valence electrons. The topological polar surface area (TPSA) is 61.1 Å². The minimum absolute atomic E-state index is 0.0778. The van der Waals surface area contributed by atoms with E-state index in [2.05, 4.69) is 28.0 Å². The van der Waals surface area contributed by atoms with Crippen molar-refractivity contribution in [2.45, 2.75) is 25.5 Å². The molecule has 3 atom stereocenters. The molecule has 7 nitrogen and oxygen atoms in total. The molecule has 0 aromatic carbocycles. The summed E-state index contributed by atoms with van der Waals surface area (Å²) in [6.07, 6.45) is 0.906. The van der Waals surface area contributed by atoms with Gasteiger partial charge < -0.3 is 19.1 Å². The van der Waals surface area contributed by atoms with Crippen molar-refractivity contribution in [2.75, 3.05) is 45.0 Å². The summed E-state index contributed by atoms with van der Waals surface area (Å²) in [4.78, 5) is 6.74. The minimum atomic E-state index is -0.0778. The number of halogens is 1. The summed E-state index contributed by atoms with van der Waals surface area (Å²) in [6, 6.07) is 4.34. The van der Waals surface area contributed by atoms with Crippen molar-refractivity contribution in [3.05, 3.63) is 23.1 Å². The van der Waals surface area contributed by atoms with E-state index in [-0.39, 0.29) is 17.4 Å². The number of anilines is 1. The van der Waals surface area contributed by atoms with Crippen LogP contribution in [0, 0.1) is 5.92 Å². The molecule has 0 N–H and O–H groups in total. The molecule has 0 aliphatic carbocycles. The first-order valence-corrected chi connectivity index (χ1v) is 9.07. The van der Waals surface area contributed by atoms with E-state index >= 15 is 0 Å². The molecule has 2 saturated heterocycles. The summed E-state index contributed by atoms with van der Waals surface area (Å²) in [6.45, 7) is 5.77. The van der Waals surface area contributed by atoms with Gasteiger partial charge in [0.2, 0.25) is 5.28 Å². The Balaban J connectivity index is 1.78. The van der Waals surface area contributed by atoms with Crippen molar-refractivity contribution in [1.82, 2.24) is 14.6 Å². The van der Waals surface area contributed by atoms with E-state index in [0.717, 1.165) is 36.6 Å². The van der Waals surface area contributed by atoms with E-state index in [9.17, 15) is 0 Å². The lowest BCUT2D eigenvalue weighted by molar-refractivity contribution is 0.0401. The number of fused-ring (bicyclic) bond motifs is 1. The van der Waals surface area contributed by atoms with Gasteiger partial charge in [-0.15, -0.1) is 5.10 Å². The fourth-order valence-electron chi connectivity index (χ4n) is 3.79. The van der Waals surface area contributed by atoms with Crippen molar-refractivity contribution in [3.8, 4) is 0 Å². The summed E-state index contributed by atoms with van der Waals surface area (Å²) in [7, 11) is 1.73. The molecule has 2 aliphatic rings. The molecular weight excluding hydrogens is 344 g/mol. The summed E-state index contributed by atoms with van der Waals surface area (Å²) in [5.74, 6) is 1.17. The Morgan fingerprint density at radius 3 is 2.84 bits per heavy atom. The molecular formula is C17H23ClN4O3. The average molecular weight is 367 g/mol. The molecule has 0 amide bonds. The number of nitrogens with zero attached hydrogens (tertiary/aromatic N) is 4. The molecule has 8 heteroatoms. The lowest BCUT2D eigenvalue weighted by Crippen LogP contribution is -2.44. The van der Waals surface area contributed by atoms with E-state index in [4.69, 9.17) is 25.8 Å². The standard InChI is InChI=1S/C17H23ClN4O3/c1-11-9-25-8-6-21(11)16-14-4-3-13(22(14)20-17(18)19-16)15(23-2)12-5-7-24-10-12/h3-4,11-12,15H,5-10H2,1-2H3/t11-,12?,15?/m1/s1. The summed E-state index contributed by atoms with van der Waals surface area (Å²) < 4.78 is 18.8. The Labute approximate surface area is 151 Å². The van der Waals surface area contributed by atoms with Crippen LogP contribution in [0.2, 0.25) is 5.28 Å². The number of morpholine rings is 1. The molecule has 25 heavy (non-hydrogen) atoms. The Hall–Kier alpha value is -1.41. The molecule has 4 heterocycles. The number of rotatable bonds is 4. The zero-order valence-corrected chi connectivity index (χ0v) is 15.3. The van der Waals surface area contributed by atoms with Gasteiger partial charge in [0, 0.05) is 26.2 Å². The molecule has 0 spiro atoms. The molecule has 0 saturated carbocycles. The van der Waals surface area contributed by atoms with Crippen LogP contribution < -0.4 is 4.90 Å². The Kier molecular flexibility index (Phi) is 4.82. The van der Waals surface area contributed by atoms with E-state index in [1.54, 1.807) is 7.11 Å². The highest BCUT2D eigenvalue weighted by Crippen LogP contribution is 2.34. The van der Waals surface area contributed by atoms with Gasteiger partial charge in [0.15, 0.2) is 5.82 Å². The maximum Gasteiger partial charge on any atom is 0.243 e. The predicted molar refractivity (Wildman–Crippen MR) is 94.3 cm³/mol. The second-order valence-corrected chi connectivity index (χ2v) is 7.00. The lowest BCUT2D eigenvalue weighted by atomic mass is 9.99. The molecule has 4 rings (SSSR count). The minimum Gasteiger partial charge on any atom is -0.381 e. The van der Waals surface area contributed by atoms with Crippen molar-refractivity contribution in [3.63, 3.8) is 0 Å². The van der Waals surface area contributed by atoms with E-state index in [0.29, 0.717) is 25.7 Å². The molecule has 0 bridgehead atoms. The van der Waals surface area contributed by atoms with E-state index < -0.39 is 0 Å². The van der Waals surface area contributed by atoms with Crippen LogP contribution in [-0.4, -0.2) is 60.7 Å². The van der Waals surface area contributed by atoms with Crippen LogP contribution in [0.25, 0.3) is 5.52 Å². The average Bonchev–Trinajstić information content (AvgIpc) is 3.27. The van der Waals surface area contributed by atoms with Gasteiger partial charge in [-0.2, -0.15) is 4.98 Å². The monoisotopic (exact) mass is 366 g/mol. The van der Waals surface area contributed by atoms with Gasteiger partial charge in [-0.05, 0) is 37.1 Å². The molecule has 2 aliphatic heterocycles. The maximum absolute atomic E-state index is 6.26. The molecule has 0 radical (unpaired) electrons. The van der Waals surface area contributed by atoms with Crippen LogP contribution in [0.3, 0.4) is 0 Å². The first-order chi connectivity index (χ1) is 12.2. The summed E-state index contributed by atoms with van der Waals surface area (Å²) >= 11 is 6.26. The van der Waals surface area contributed by atoms with Gasteiger partial charge in [0.25, 0.3) is 0 Å². The number of ether oxygens (including phenoxy) is 3. The van der Waals surface area contributed by atoms with E-state index in [1.165, 1.54) is 0 Å². The zero-order chi connectivity index (χ0) is 17.4. The van der Waals surface area contributed by atoms with Gasteiger partial charge in [0.1, 0.15) is 11.6 Å². The van der Waals surface area contributed by atoms with Gasteiger partial charge in [-0.25, -0.2) is 4.52 Å². The second-order valence-electron chi connectivity index (χ2n) is 6.66. The van der Waals surface area contributed by atoms with Gasteiger partial charge in [-0.1, -0.05) is 0 Å². The first kappa shape index (κ1) is 17.0. The third-order valence-corrected chi connectivity index (χ3v) is 5.23. The van der Waals surface area contributed by atoms with Gasteiger partial charge in [0.05, 0.1) is 31.6 Å². The van der Waals surface area contributed by atoms with E-state index in [1.807, 2.05) is 10.6 Å². The highest BCUT2D eigenvalue weighted by molar-refractivity contribution is 6.28. The van der Waals surface area contributed by atoms with Crippen LogP contribution in [0.4, 0.5) is 5.82 Å². The lowest BCUT2D eigenvalue weighted by Gasteiger charge is -2.34. The Morgan fingerprint density at radius 2 is 2.12 bits per heavy atom. The fourth-order valence-corrected chi connectivity index (χ4v) is 3.95. The molecule has 2 unspecified atom stereocenters. The van der Waals surface area contributed by atoms with Crippen LogP contribution in [0.15, 0.2) is 12.1 Å². The van der Waals surface area contributed by atoms with Gasteiger partial charge >= 0.3 is 0 Å². The van der Waals surface area contributed by atoms with Crippen LogP contribution in [-0.2, 0) is 14.2 Å². The normalized spacial score (nSPS) is 25.6. The van der Waals surface area contributed by atoms with Crippen LogP contribution in [0.1, 0.15) is 25.1 Å². The van der Waals surface area contributed by atoms with Crippen molar-refractivity contribution in [1.29, 1.82) is 0 Å². The van der Waals surface area contributed by atoms with Crippen molar-refractivity contribution >= 4 is 22.9 Å². The maximum atomic E-state index is 6.26. The van der Waals surface area contributed by atoms with Crippen LogP contribution >= 0.6 is 11.6 Å². The van der Waals surface area contributed by atoms with Gasteiger partial charge in [-0.3, -0.25) is 0 Å².